The molecular formula is C11H9ClO3S. The van der Waals surface area contributed by atoms with Gasteiger partial charge in [0.15, 0.2) is 0 Å². The molecule has 0 amide bonds. The van der Waals surface area contributed by atoms with Gasteiger partial charge in [-0.3, -0.25) is 0 Å². The Morgan fingerprint density at radius 2 is 1.75 bits per heavy atom. The van der Waals surface area contributed by atoms with Crippen LogP contribution in [0.5, 0.6) is 0 Å². The number of sulfone groups is 1. The highest BCUT2D eigenvalue weighted by atomic mass is 35.5. The molecule has 5 heteroatoms. The summed E-state index contributed by atoms with van der Waals surface area (Å²) in [5.74, 6) is 0. The van der Waals surface area contributed by atoms with Crippen LogP contribution < -0.4 is 0 Å². The van der Waals surface area contributed by atoms with Crippen molar-refractivity contribution in [3.05, 3.63) is 47.4 Å². The molecule has 1 aromatic heterocycles. The van der Waals surface area contributed by atoms with Crippen LogP contribution in [0.25, 0.3) is 0 Å². The molecule has 16 heavy (non-hydrogen) atoms. The fraction of sp³-hybridized carbons (Fsp3) is 0.0909. The second kappa shape index (κ2) is 3.96. The third kappa shape index (κ3) is 1.86. The monoisotopic (exact) mass is 256 g/mol. The van der Waals surface area contributed by atoms with E-state index in [1.54, 1.807) is 24.3 Å². The first kappa shape index (κ1) is 11.2. The second-order valence-electron chi connectivity index (χ2n) is 3.40. The van der Waals surface area contributed by atoms with E-state index in [2.05, 4.69) is 0 Å². The van der Waals surface area contributed by atoms with E-state index in [1.807, 2.05) is 6.92 Å². The lowest BCUT2D eigenvalue weighted by Crippen LogP contribution is -2.00. The molecule has 0 N–H and O–H groups in total. The van der Waals surface area contributed by atoms with Crippen molar-refractivity contribution in [2.45, 2.75) is 16.7 Å². The first-order valence-corrected chi connectivity index (χ1v) is 6.41. The molecule has 0 bridgehead atoms. The van der Waals surface area contributed by atoms with E-state index < -0.39 is 9.84 Å². The molecule has 0 saturated heterocycles. The SMILES string of the molecule is Cc1ccc(S(=O)(=O)c2cocc2Cl)cc1. The predicted molar refractivity (Wildman–Crippen MR) is 60.3 cm³/mol. The molecule has 3 nitrogen and oxygen atoms in total. The van der Waals surface area contributed by atoms with Gasteiger partial charge in [-0.2, -0.15) is 0 Å². The maximum Gasteiger partial charge on any atom is 0.211 e. The molecule has 2 rings (SSSR count). The molecule has 2 aromatic rings. The largest absolute Gasteiger partial charge is 0.470 e. The molecule has 0 saturated carbocycles. The minimum Gasteiger partial charge on any atom is -0.470 e. The average Bonchev–Trinajstić information content (AvgIpc) is 2.66. The van der Waals surface area contributed by atoms with Crippen LogP contribution in [0.4, 0.5) is 0 Å². The molecule has 0 aliphatic rings. The summed E-state index contributed by atoms with van der Waals surface area (Å²) in [5, 5.41) is 0.0978. The van der Waals surface area contributed by atoms with Crippen molar-refractivity contribution in [3.8, 4) is 0 Å². The van der Waals surface area contributed by atoms with Gasteiger partial charge in [0, 0.05) is 0 Å². The third-order valence-electron chi connectivity index (χ3n) is 2.20. The molecule has 0 atom stereocenters. The van der Waals surface area contributed by atoms with Gasteiger partial charge in [-0.05, 0) is 19.1 Å². The highest BCUT2D eigenvalue weighted by Gasteiger charge is 2.22. The zero-order chi connectivity index (χ0) is 11.8. The summed E-state index contributed by atoms with van der Waals surface area (Å²) < 4.78 is 28.9. The summed E-state index contributed by atoms with van der Waals surface area (Å²) in [5.41, 5.74) is 0.997. The average molecular weight is 257 g/mol. The molecule has 0 spiro atoms. The molecule has 0 fully saturated rings. The van der Waals surface area contributed by atoms with E-state index in [0.29, 0.717) is 0 Å². The standard InChI is InChI=1S/C11H9ClO3S/c1-8-2-4-9(5-3-8)16(13,14)11-7-15-6-10(11)12/h2-7H,1H3. The Hall–Kier alpha value is -1.26. The summed E-state index contributed by atoms with van der Waals surface area (Å²) in [6.45, 7) is 1.89. The Morgan fingerprint density at radius 3 is 2.25 bits per heavy atom. The topological polar surface area (TPSA) is 47.3 Å². The Labute approximate surface area is 98.6 Å². The lowest BCUT2D eigenvalue weighted by molar-refractivity contribution is 0.556. The van der Waals surface area contributed by atoms with Crippen LogP contribution >= 0.6 is 11.6 Å². The quantitative estimate of drug-likeness (QED) is 0.830. The van der Waals surface area contributed by atoms with Crippen LogP contribution in [0, 0.1) is 6.92 Å². The van der Waals surface area contributed by atoms with Crippen molar-refractivity contribution in [2.75, 3.05) is 0 Å². The maximum absolute atomic E-state index is 12.1. The van der Waals surface area contributed by atoms with Crippen molar-refractivity contribution in [1.82, 2.24) is 0 Å². The highest BCUT2D eigenvalue weighted by molar-refractivity contribution is 7.91. The number of furan rings is 1. The van der Waals surface area contributed by atoms with Crippen molar-refractivity contribution >= 4 is 21.4 Å². The zero-order valence-corrected chi connectivity index (χ0v) is 10.0. The van der Waals surface area contributed by atoms with Gasteiger partial charge in [-0.15, -0.1) is 0 Å². The summed E-state index contributed by atoms with van der Waals surface area (Å²) in [7, 11) is -3.57. The summed E-state index contributed by atoms with van der Waals surface area (Å²) in [4.78, 5) is 0.208. The summed E-state index contributed by atoms with van der Waals surface area (Å²) >= 11 is 5.73. The fourth-order valence-corrected chi connectivity index (χ4v) is 2.94. The van der Waals surface area contributed by atoms with Crippen LogP contribution in [-0.2, 0) is 9.84 Å². The number of aryl methyl sites for hydroxylation is 1. The normalized spacial score (nSPS) is 11.6. The fourth-order valence-electron chi connectivity index (χ4n) is 1.31. The molecule has 1 heterocycles. The third-order valence-corrected chi connectivity index (χ3v) is 4.40. The first-order chi connectivity index (χ1) is 7.51. The van der Waals surface area contributed by atoms with E-state index in [1.165, 1.54) is 6.26 Å². The number of halogens is 1. The van der Waals surface area contributed by atoms with Crippen LogP contribution in [0.15, 0.2) is 51.0 Å². The minimum atomic E-state index is -3.57. The number of rotatable bonds is 2. The Kier molecular flexibility index (Phi) is 2.78. The van der Waals surface area contributed by atoms with Gasteiger partial charge in [0.25, 0.3) is 0 Å². The van der Waals surface area contributed by atoms with Crippen LogP contribution in [0.1, 0.15) is 5.56 Å². The van der Waals surface area contributed by atoms with Crippen molar-refractivity contribution in [1.29, 1.82) is 0 Å². The Bertz CT molecular complexity index is 596. The smallest absolute Gasteiger partial charge is 0.211 e. The molecule has 84 valence electrons. The van der Waals surface area contributed by atoms with Gasteiger partial charge in [-0.1, -0.05) is 29.3 Å². The van der Waals surface area contributed by atoms with Gasteiger partial charge in [-0.25, -0.2) is 8.42 Å². The first-order valence-electron chi connectivity index (χ1n) is 4.55. The minimum absolute atomic E-state index is 0.00183. The van der Waals surface area contributed by atoms with Gasteiger partial charge in [0.05, 0.1) is 9.92 Å². The van der Waals surface area contributed by atoms with E-state index in [9.17, 15) is 8.42 Å². The maximum atomic E-state index is 12.1. The predicted octanol–water partition coefficient (Wildman–Crippen LogP) is 3.07. The van der Waals surface area contributed by atoms with Gasteiger partial charge >= 0.3 is 0 Å². The van der Waals surface area contributed by atoms with Crippen molar-refractivity contribution in [3.63, 3.8) is 0 Å². The number of hydrogen-bond donors (Lipinski definition) is 0. The van der Waals surface area contributed by atoms with E-state index in [-0.39, 0.29) is 14.8 Å². The van der Waals surface area contributed by atoms with E-state index in [4.69, 9.17) is 16.0 Å². The lowest BCUT2D eigenvalue weighted by Gasteiger charge is -2.02. The Morgan fingerprint density at radius 1 is 1.12 bits per heavy atom. The van der Waals surface area contributed by atoms with Crippen LogP contribution in [0.3, 0.4) is 0 Å². The second-order valence-corrected chi connectivity index (χ2v) is 5.73. The lowest BCUT2D eigenvalue weighted by atomic mass is 10.2. The van der Waals surface area contributed by atoms with Gasteiger partial charge in [0.1, 0.15) is 17.4 Å². The van der Waals surface area contributed by atoms with Gasteiger partial charge < -0.3 is 4.42 Å². The molecule has 0 radical (unpaired) electrons. The molecule has 0 aliphatic carbocycles. The number of hydrogen-bond acceptors (Lipinski definition) is 3. The Balaban J connectivity index is 2.56. The van der Waals surface area contributed by atoms with E-state index >= 15 is 0 Å². The van der Waals surface area contributed by atoms with Crippen LogP contribution in [-0.4, -0.2) is 8.42 Å². The van der Waals surface area contributed by atoms with Crippen LogP contribution in [0.2, 0.25) is 5.02 Å². The van der Waals surface area contributed by atoms with Crippen molar-refractivity contribution in [2.24, 2.45) is 0 Å². The molecular weight excluding hydrogens is 248 g/mol. The van der Waals surface area contributed by atoms with E-state index in [0.717, 1.165) is 11.8 Å². The molecule has 0 unspecified atom stereocenters. The van der Waals surface area contributed by atoms with Gasteiger partial charge in [0.2, 0.25) is 9.84 Å². The zero-order valence-electron chi connectivity index (χ0n) is 8.48. The molecule has 0 aliphatic heterocycles. The molecule has 1 aromatic carbocycles. The number of benzene rings is 1. The summed E-state index contributed by atoms with van der Waals surface area (Å²) in [6, 6.07) is 6.57. The summed E-state index contributed by atoms with van der Waals surface area (Å²) in [6.07, 6.45) is 2.33. The van der Waals surface area contributed by atoms with Crippen molar-refractivity contribution < 1.29 is 12.8 Å². The highest BCUT2D eigenvalue weighted by Crippen LogP contribution is 2.28.